The first-order chi connectivity index (χ1) is 8.46. The summed E-state index contributed by atoms with van der Waals surface area (Å²) in [5, 5.41) is 3.42. The molecule has 18 heavy (non-hydrogen) atoms. The van der Waals surface area contributed by atoms with E-state index in [0.717, 1.165) is 18.5 Å². The molecule has 0 aromatic heterocycles. The molecule has 1 N–H and O–H groups in total. The second-order valence-electron chi connectivity index (χ2n) is 5.62. The number of thioether (sulfide) groups is 1. The van der Waals surface area contributed by atoms with Crippen molar-refractivity contribution in [1.29, 1.82) is 0 Å². The van der Waals surface area contributed by atoms with E-state index in [0.29, 0.717) is 28.1 Å². The second kappa shape index (κ2) is 5.47. The van der Waals surface area contributed by atoms with E-state index in [9.17, 15) is 8.78 Å². The van der Waals surface area contributed by atoms with E-state index in [4.69, 9.17) is 0 Å². The minimum atomic E-state index is -2.37. The lowest BCUT2D eigenvalue weighted by molar-refractivity contribution is 0.252. The molecule has 0 saturated heterocycles. The highest BCUT2D eigenvalue weighted by molar-refractivity contribution is 7.99. The van der Waals surface area contributed by atoms with Crippen LogP contribution in [0.2, 0.25) is 0 Å². The van der Waals surface area contributed by atoms with Crippen molar-refractivity contribution in [2.45, 2.75) is 49.8 Å². The average molecular weight is 271 g/mol. The highest BCUT2D eigenvalue weighted by atomic mass is 32.2. The second-order valence-corrected chi connectivity index (χ2v) is 6.65. The van der Waals surface area contributed by atoms with Crippen LogP contribution < -0.4 is 5.32 Å². The SMILES string of the molecule is CC1(C)CCC(Nc2ccccc2SC(F)F)C1. The van der Waals surface area contributed by atoms with Gasteiger partial charge in [0.25, 0.3) is 5.76 Å². The van der Waals surface area contributed by atoms with Crippen LogP contribution in [0.1, 0.15) is 33.1 Å². The fourth-order valence-electron chi connectivity index (χ4n) is 2.56. The molecule has 100 valence electrons. The number of hydrogen-bond donors (Lipinski definition) is 1. The van der Waals surface area contributed by atoms with Crippen molar-refractivity contribution in [3.05, 3.63) is 24.3 Å². The van der Waals surface area contributed by atoms with Crippen LogP contribution in [0.4, 0.5) is 14.5 Å². The molecule has 1 unspecified atom stereocenters. The molecule has 1 aromatic carbocycles. The molecule has 1 nitrogen and oxygen atoms in total. The zero-order valence-electron chi connectivity index (χ0n) is 10.7. The Balaban J connectivity index is 2.05. The number of rotatable bonds is 4. The molecule has 1 aliphatic carbocycles. The lowest BCUT2D eigenvalue weighted by Gasteiger charge is -2.20. The molecule has 0 aliphatic heterocycles. The topological polar surface area (TPSA) is 12.0 Å². The van der Waals surface area contributed by atoms with Gasteiger partial charge < -0.3 is 5.32 Å². The van der Waals surface area contributed by atoms with Crippen LogP contribution in [0.5, 0.6) is 0 Å². The number of hydrogen-bond acceptors (Lipinski definition) is 2. The smallest absolute Gasteiger partial charge is 0.288 e. The van der Waals surface area contributed by atoms with Crippen LogP contribution in [-0.4, -0.2) is 11.8 Å². The fourth-order valence-corrected chi connectivity index (χ4v) is 3.17. The Hall–Kier alpha value is -0.770. The number of alkyl halides is 2. The van der Waals surface area contributed by atoms with Gasteiger partial charge in [-0.05, 0) is 36.8 Å². The van der Waals surface area contributed by atoms with Gasteiger partial charge in [0.15, 0.2) is 0 Å². The van der Waals surface area contributed by atoms with Crippen LogP contribution >= 0.6 is 11.8 Å². The van der Waals surface area contributed by atoms with Gasteiger partial charge in [0.2, 0.25) is 0 Å². The van der Waals surface area contributed by atoms with E-state index in [2.05, 4.69) is 19.2 Å². The first kappa shape index (κ1) is 13.7. The Kier molecular flexibility index (Phi) is 4.15. The molecule has 2 rings (SSSR count). The molecular formula is C14H19F2NS. The molecule has 1 aliphatic rings. The highest BCUT2D eigenvalue weighted by Crippen LogP contribution is 2.40. The molecule has 0 spiro atoms. The van der Waals surface area contributed by atoms with Crippen LogP contribution in [0.25, 0.3) is 0 Å². The molecule has 1 atom stereocenters. The fraction of sp³-hybridized carbons (Fsp3) is 0.571. The summed E-state index contributed by atoms with van der Waals surface area (Å²) >= 11 is 0.612. The van der Waals surface area contributed by atoms with E-state index >= 15 is 0 Å². The summed E-state index contributed by atoms with van der Waals surface area (Å²) in [5.41, 5.74) is 1.20. The average Bonchev–Trinajstić information content (AvgIpc) is 2.60. The van der Waals surface area contributed by atoms with Crippen LogP contribution in [0.3, 0.4) is 0 Å². The van der Waals surface area contributed by atoms with Gasteiger partial charge in [0, 0.05) is 16.6 Å². The first-order valence-corrected chi connectivity index (χ1v) is 7.15. The quantitative estimate of drug-likeness (QED) is 0.774. The predicted octanol–water partition coefficient (Wildman–Crippen LogP) is 4.99. The third-order valence-corrected chi connectivity index (χ3v) is 4.22. The van der Waals surface area contributed by atoms with Crippen molar-refractivity contribution in [2.75, 3.05) is 5.32 Å². The van der Waals surface area contributed by atoms with Gasteiger partial charge in [-0.3, -0.25) is 0 Å². The van der Waals surface area contributed by atoms with Gasteiger partial charge in [-0.15, -0.1) is 0 Å². The van der Waals surface area contributed by atoms with E-state index in [1.54, 1.807) is 12.1 Å². The monoisotopic (exact) mass is 271 g/mol. The van der Waals surface area contributed by atoms with Crippen molar-refractivity contribution in [3.63, 3.8) is 0 Å². The van der Waals surface area contributed by atoms with Gasteiger partial charge in [-0.25, -0.2) is 0 Å². The first-order valence-electron chi connectivity index (χ1n) is 6.27. The maximum Gasteiger partial charge on any atom is 0.288 e. The summed E-state index contributed by atoms with van der Waals surface area (Å²) in [4.78, 5) is 0.636. The van der Waals surface area contributed by atoms with E-state index in [-0.39, 0.29) is 0 Å². The van der Waals surface area contributed by atoms with E-state index in [1.165, 1.54) is 6.42 Å². The molecule has 0 radical (unpaired) electrons. The third-order valence-electron chi connectivity index (χ3n) is 3.43. The van der Waals surface area contributed by atoms with Crippen molar-refractivity contribution in [2.24, 2.45) is 5.41 Å². The van der Waals surface area contributed by atoms with Crippen LogP contribution in [0.15, 0.2) is 29.2 Å². The zero-order valence-corrected chi connectivity index (χ0v) is 11.6. The standard InChI is InChI=1S/C14H19F2NS/c1-14(2)8-7-10(9-14)17-11-5-3-4-6-12(11)18-13(15)16/h3-6,10,13,17H,7-9H2,1-2H3. The Morgan fingerprint density at radius 3 is 2.67 bits per heavy atom. The summed E-state index contributed by atoms with van der Waals surface area (Å²) in [6, 6.07) is 7.72. The maximum absolute atomic E-state index is 12.5. The molecule has 4 heteroatoms. The minimum Gasteiger partial charge on any atom is -0.381 e. The minimum absolute atomic E-state index is 0.364. The summed E-state index contributed by atoms with van der Waals surface area (Å²) in [6.07, 6.45) is 3.40. The summed E-state index contributed by atoms with van der Waals surface area (Å²) in [6.45, 7) is 4.52. The maximum atomic E-state index is 12.5. The van der Waals surface area contributed by atoms with E-state index in [1.807, 2.05) is 12.1 Å². The normalized spacial score (nSPS) is 22.4. The molecule has 1 aromatic rings. The third kappa shape index (κ3) is 3.61. The Morgan fingerprint density at radius 2 is 2.06 bits per heavy atom. The number of para-hydroxylation sites is 1. The lowest BCUT2D eigenvalue weighted by atomic mass is 9.92. The largest absolute Gasteiger partial charge is 0.381 e. The zero-order chi connectivity index (χ0) is 13.2. The molecule has 1 fully saturated rings. The Morgan fingerprint density at radius 1 is 1.33 bits per heavy atom. The highest BCUT2D eigenvalue weighted by Gasteiger charge is 2.31. The molecule has 0 heterocycles. The summed E-state index contributed by atoms with van der Waals surface area (Å²) < 4.78 is 24.9. The summed E-state index contributed by atoms with van der Waals surface area (Å²) in [5.74, 6) is -2.37. The van der Waals surface area contributed by atoms with Crippen LogP contribution in [-0.2, 0) is 0 Å². The lowest BCUT2D eigenvalue weighted by Crippen LogP contribution is -2.18. The molecule has 1 saturated carbocycles. The molecular weight excluding hydrogens is 252 g/mol. The summed E-state index contributed by atoms with van der Waals surface area (Å²) in [7, 11) is 0. The van der Waals surface area contributed by atoms with Gasteiger partial charge in [0.1, 0.15) is 0 Å². The van der Waals surface area contributed by atoms with Crippen molar-refractivity contribution < 1.29 is 8.78 Å². The Labute approximate surface area is 111 Å². The van der Waals surface area contributed by atoms with Gasteiger partial charge in [0.05, 0.1) is 0 Å². The van der Waals surface area contributed by atoms with Gasteiger partial charge in [-0.2, -0.15) is 8.78 Å². The van der Waals surface area contributed by atoms with Gasteiger partial charge >= 0.3 is 0 Å². The van der Waals surface area contributed by atoms with E-state index < -0.39 is 5.76 Å². The molecule has 0 amide bonds. The number of benzene rings is 1. The van der Waals surface area contributed by atoms with Crippen molar-refractivity contribution in [3.8, 4) is 0 Å². The number of halogens is 2. The Bertz CT molecular complexity index is 407. The predicted molar refractivity (Wildman–Crippen MR) is 73.3 cm³/mol. The number of nitrogens with one attached hydrogen (secondary N) is 1. The van der Waals surface area contributed by atoms with Gasteiger partial charge in [-0.1, -0.05) is 37.7 Å². The molecule has 0 bridgehead atoms. The van der Waals surface area contributed by atoms with Crippen LogP contribution in [0, 0.1) is 5.41 Å². The number of anilines is 1. The van der Waals surface area contributed by atoms with Crippen molar-refractivity contribution in [1.82, 2.24) is 0 Å². The van der Waals surface area contributed by atoms with Crippen molar-refractivity contribution >= 4 is 17.4 Å².